The number of nitrogens with zero attached hydrogens (tertiary/aromatic N) is 1. The molecule has 2 fully saturated rings. The first-order chi connectivity index (χ1) is 16.5. The predicted octanol–water partition coefficient (Wildman–Crippen LogP) is 4.01. The first-order valence-corrected chi connectivity index (χ1v) is 14.1. The fourth-order valence-corrected chi connectivity index (χ4v) is 6.52. The molecule has 0 radical (unpaired) electrons. The van der Waals surface area contributed by atoms with Crippen LogP contribution in [0.25, 0.3) is 0 Å². The average Bonchev–Trinajstić information content (AvgIpc) is 3.62. The Kier molecular flexibility index (Phi) is 8.04. The molecular weight excluding hydrogens is 542 g/mol. The van der Waals surface area contributed by atoms with E-state index in [-0.39, 0.29) is 52.0 Å². The van der Waals surface area contributed by atoms with Crippen molar-refractivity contribution < 1.29 is 31.1 Å². The molecule has 8 nitrogen and oxygen atoms in total. The molecule has 2 aliphatic rings. The van der Waals surface area contributed by atoms with Crippen molar-refractivity contribution in [3.05, 3.63) is 57.3 Å². The third kappa shape index (κ3) is 6.33. The number of sulfonamides is 1. The average molecular weight is 564 g/mol. The highest BCUT2D eigenvalue weighted by atomic mass is 35.5. The predicted molar refractivity (Wildman–Crippen MR) is 128 cm³/mol. The molecule has 1 aliphatic carbocycles. The Bertz CT molecular complexity index is 1240. The maximum absolute atomic E-state index is 14.5. The van der Waals surface area contributed by atoms with Gasteiger partial charge >= 0.3 is 0 Å². The summed E-state index contributed by atoms with van der Waals surface area (Å²) >= 11 is 9.06. The maximum atomic E-state index is 14.5. The molecule has 1 atom stereocenters. The van der Waals surface area contributed by atoms with Gasteiger partial charge in [0.15, 0.2) is 0 Å². The summed E-state index contributed by atoms with van der Waals surface area (Å²) in [6.07, 6.45) is 2.82. The van der Waals surface area contributed by atoms with Crippen LogP contribution in [-0.2, 0) is 21.3 Å². The van der Waals surface area contributed by atoms with E-state index in [9.17, 15) is 26.4 Å². The number of carbonyl (C=O) groups is 1. The monoisotopic (exact) mass is 563 g/mol. The van der Waals surface area contributed by atoms with Gasteiger partial charge in [-0.1, -0.05) is 23.2 Å². The largest absolute Gasteiger partial charge is 0.755 e. The molecule has 1 aliphatic heterocycles. The van der Waals surface area contributed by atoms with Gasteiger partial charge in [-0.3, -0.25) is 13.7 Å². The second kappa shape index (κ2) is 10.7. The molecular formula is C22H22Cl2FN2O6S2-. The molecule has 4 rings (SSSR count). The number of rotatable bonds is 8. The minimum absolute atomic E-state index is 0.0409. The van der Waals surface area contributed by atoms with Crippen LogP contribution in [0.5, 0.6) is 5.75 Å². The van der Waals surface area contributed by atoms with Crippen LogP contribution in [0.1, 0.15) is 47.5 Å². The fourth-order valence-electron chi connectivity index (χ4n) is 4.07. The van der Waals surface area contributed by atoms with Gasteiger partial charge in [-0.25, -0.2) is 12.8 Å². The summed E-state index contributed by atoms with van der Waals surface area (Å²) < 4.78 is 70.9. The number of carbonyl (C=O) groups excluding carboxylic acids is 1. The Morgan fingerprint density at radius 1 is 1.11 bits per heavy atom. The quantitative estimate of drug-likeness (QED) is 0.485. The van der Waals surface area contributed by atoms with Gasteiger partial charge in [-0.15, -0.1) is 0 Å². The van der Waals surface area contributed by atoms with Gasteiger partial charge in [0.25, 0.3) is 5.91 Å². The zero-order valence-corrected chi connectivity index (χ0v) is 21.5. The lowest BCUT2D eigenvalue weighted by Gasteiger charge is -2.31. The van der Waals surface area contributed by atoms with E-state index in [1.165, 1.54) is 28.6 Å². The van der Waals surface area contributed by atoms with E-state index in [1.807, 2.05) is 0 Å². The van der Waals surface area contributed by atoms with Crippen LogP contribution in [0.2, 0.25) is 10.0 Å². The molecule has 1 heterocycles. The van der Waals surface area contributed by atoms with Gasteiger partial charge in [-0.05, 0) is 67.3 Å². The number of amides is 1. The number of hydrogen-bond acceptors (Lipinski definition) is 6. The Balaban J connectivity index is 1.40. The summed E-state index contributed by atoms with van der Waals surface area (Å²) in [5, 5.41) is 0.477. The van der Waals surface area contributed by atoms with E-state index in [4.69, 9.17) is 27.9 Å². The van der Waals surface area contributed by atoms with Crippen molar-refractivity contribution in [1.82, 2.24) is 9.03 Å². The molecule has 2 aromatic rings. The molecule has 1 N–H and O–H groups in total. The summed E-state index contributed by atoms with van der Waals surface area (Å²) in [6.45, 7) is 0.831. The van der Waals surface area contributed by atoms with Gasteiger partial charge in [0, 0.05) is 40.5 Å². The van der Waals surface area contributed by atoms with Crippen LogP contribution in [0.15, 0.2) is 35.2 Å². The standard InChI is InChI=1S/C22H23Cl2FN2O6S2/c23-15-7-16(24)9-17(8-15)35(31,32)27-5-3-13(4-6-27)12-33-21-11-20(25)19(22(28)26-34(29)30)10-18(21)14-1-2-14/h7-11,13-14H,1-6,12H2,(H,26,28)(H,29,30)/p-1. The third-order valence-electron chi connectivity index (χ3n) is 6.06. The number of benzene rings is 2. The molecule has 0 bridgehead atoms. The van der Waals surface area contributed by atoms with E-state index in [2.05, 4.69) is 0 Å². The lowest BCUT2D eigenvalue weighted by atomic mass is 9.99. The number of nitrogens with one attached hydrogen (secondary N) is 1. The number of piperidine rings is 1. The summed E-state index contributed by atoms with van der Waals surface area (Å²) in [6, 6.07) is 6.65. The third-order valence-corrected chi connectivity index (χ3v) is 8.72. The molecule has 1 amide bonds. The van der Waals surface area contributed by atoms with E-state index in [0.717, 1.165) is 18.9 Å². The van der Waals surface area contributed by atoms with Crippen molar-refractivity contribution in [3.8, 4) is 5.75 Å². The molecule has 0 aromatic heterocycles. The Hall–Kier alpha value is -1.76. The summed E-state index contributed by atoms with van der Waals surface area (Å²) in [5.74, 6) is -1.45. The van der Waals surface area contributed by atoms with E-state index >= 15 is 0 Å². The molecule has 35 heavy (non-hydrogen) atoms. The van der Waals surface area contributed by atoms with Crippen molar-refractivity contribution in [1.29, 1.82) is 0 Å². The van der Waals surface area contributed by atoms with E-state index < -0.39 is 33.0 Å². The Labute approximate surface area is 215 Å². The van der Waals surface area contributed by atoms with Crippen LogP contribution < -0.4 is 9.46 Å². The second-order valence-corrected chi connectivity index (χ2v) is 12.1. The molecule has 190 valence electrons. The summed E-state index contributed by atoms with van der Waals surface area (Å²) in [5.41, 5.74) is 0.300. The van der Waals surface area contributed by atoms with Crippen LogP contribution in [0, 0.1) is 11.7 Å². The summed E-state index contributed by atoms with van der Waals surface area (Å²) in [4.78, 5) is 12.0. The zero-order chi connectivity index (χ0) is 25.3. The minimum atomic E-state index is -3.74. The Morgan fingerprint density at radius 3 is 2.31 bits per heavy atom. The van der Waals surface area contributed by atoms with Gasteiger partial charge < -0.3 is 9.29 Å². The maximum Gasteiger partial charge on any atom is 0.265 e. The molecule has 1 unspecified atom stereocenters. The van der Waals surface area contributed by atoms with Crippen molar-refractivity contribution in [2.24, 2.45) is 5.92 Å². The SMILES string of the molecule is O=C(NS(=O)[O-])c1cc(C2CC2)c(OCC2CCN(S(=O)(=O)c3cc(Cl)cc(Cl)c3)CC2)cc1F. The Morgan fingerprint density at radius 2 is 1.74 bits per heavy atom. The molecule has 13 heteroatoms. The topological polar surface area (TPSA) is 116 Å². The highest BCUT2D eigenvalue weighted by Gasteiger charge is 2.32. The number of ether oxygens (including phenoxy) is 1. The lowest BCUT2D eigenvalue weighted by molar-refractivity contribution is 0.0976. The first kappa shape index (κ1) is 26.3. The van der Waals surface area contributed by atoms with Gasteiger partial charge in [0.1, 0.15) is 11.6 Å². The molecule has 2 aromatic carbocycles. The van der Waals surface area contributed by atoms with Crippen LogP contribution in [0.4, 0.5) is 4.39 Å². The number of halogens is 3. The van der Waals surface area contributed by atoms with Crippen molar-refractivity contribution in [3.63, 3.8) is 0 Å². The van der Waals surface area contributed by atoms with E-state index in [1.54, 1.807) is 4.72 Å². The van der Waals surface area contributed by atoms with Gasteiger partial charge in [-0.2, -0.15) is 4.31 Å². The van der Waals surface area contributed by atoms with Gasteiger partial charge in [0.05, 0.1) is 17.1 Å². The van der Waals surface area contributed by atoms with Crippen molar-refractivity contribution in [2.75, 3.05) is 19.7 Å². The number of hydrogen-bond donors (Lipinski definition) is 1. The molecule has 0 spiro atoms. The van der Waals surface area contributed by atoms with E-state index in [0.29, 0.717) is 24.2 Å². The zero-order valence-electron chi connectivity index (χ0n) is 18.3. The van der Waals surface area contributed by atoms with Crippen LogP contribution in [0.3, 0.4) is 0 Å². The highest BCUT2D eigenvalue weighted by molar-refractivity contribution is 7.89. The van der Waals surface area contributed by atoms with Crippen molar-refractivity contribution >= 4 is 50.4 Å². The van der Waals surface area contributed by atoms with Crippen LogP contribution >= 0.6 is 23.2 Å². The van der Waals surface area contributed by atoms with Gasteiger partial charge in [0.2, 0.25) is 10.0 Å². The highest BCUT2D eigenvalue weighted by Crippen LogP contribution is 2.45. The second-order valence-electron chi connectivity index (χ2n) is 8.57. The molecule has 1 saturated heterocycles. The minimum Gasteiger partial charge on any atom is -0.755 e. The molecule has 1 saturated carbocycles. The lowest BCUT2D eigenvalue weighted by Crippen LogP contribution is -2.39. The van der Waals surface area contributed by atoms with Crippen molar-refractivity contribution in [2.45, 2.75) is 36.5 Å². The smallest absolute Gasteiger partial charge is 0.265 e. The first-order valence-electron chi connectivity index (χ1n) is 10.9. The fraction of sp³-hybridized carbons (Fsp3) is 0.409. The summed E-state index contributed by atoms with van der Waals surface area (Å²) in [7, 11) is -3.74. The van der Waals surface area contributed by atoms with Crippen LogP contribution in [-0.4, -0.2) is 47.1 Å². The normalized spacial score (nSPS) is 18.3.